The summed E-state index contributed by atoms with van der Waals surface area (Å²) >= 11 is 0. The monoisotopic (exact) mass is 328 g/mol. The molecule has 2 aliphatic heterocycles. The Balaban J connectivity index is 1.61. The Kier molecular flexibility index (Phi) is 3.19. The SMILES string of the molecule is OC1(Cc2ccc3ccccc3c2)c2ccccc2C2=NCCCN21. The summed E-state index contributed by atoms with van der Waals surface area (Å²) in [5, 5.41) is 14.1. The van der Waals surface area contributed by atoms with Crippen LogP contribution in [0.15, 0.2) is 71.7 Å². The Bertz CT molecular complexity index is 994. The number of aliphatic imine (C=N–C) groups is 1. The standard InChI is InChI=1S/C22H20N2O/c25-22(15-16-10-11-17-6-1-2-7-18(17)14-16)20-9-4-3-8-19(20)21-23-12-5-13-24(21)22/h1-4,6-11,14,25H,5,12-13,15H2. The van der Waals surface area contributed by atoms with Gasteiger partial charge in [0.25, 0.3) is 0 Å². The summed E-state index contributed by atoms with van der Waals surface area (Å²) in [4.78, 5) is 6.80. The molecule has 0 amide bonds. The number of amidine groups is 1. The number of nitrogens with zero attached hydrogens (tertiary/aromatic N) is 2. The summed E-state index contributed by atoms with van der Waals surface area (Å²) in [7, 11) is 0. The average Bonchev–Trinajstić information content (AvgIpc) is 2.91. The van der Waals surface area contributed by atoms with Gasteiger partial charge in [-0.1, -0.05) is 66.7 Å². The second-order valence-corrected chi connectivity index (χ2v) is 6.93. The zero-order valence-electron chi connectivity index (χ0n) is 14.0. The fraction of sp³-hybridized carbons (Fsp3) is 0.227. The molecule has 0 radical (unpaired) electrons. The van der Waals surface area contributed by atoms with Gasteiger partial charge >= 0.3 is 0 Å². The summed E-state index contributed by atoms with van der Waals surface area (Å²) in [6, 6.07) is 23.0. The predicted octanol–water partition coefficient (Wildman–Crippen LogP) is 3.69. The van der Waals surface area contributed by atoms with Crippen LogP contribution in [0.5, 0.6) is 0 Å². The normalized spacial score (nSPS) is 21.8. The van der Waals surface area contributed by atoms with Gasteiger partial charge in [-0.15, -0.1) is 0 Å². The number of fused-ring (bicyclic) bond motifs is 4. The van der Waals surface area contributed by atoms with Crippen LogP contribution in [0.4, 0.5) is 0 Å². The van der Waals surface area contributed by atoms with Crippen molar-refractivity contribution < 1.29 is 5.11 Å². The first-order valence-corrected chi connectivity index (χ1v) is 8.88. The van der Waals surface area contributed by atoms with Crippen LogP contribution >= 0.6 is 0 Å². The van der Waals surface area contributed by atoms with E-state index in [0.717, 1.165) is 42.0 Å². The van der Waals surface area contributed by atoms with Gasteiger partial charge < -0.3 is 10.0 Å². The number of hydrogen-bond donors (Lipinski definition) is 1. The van der Waals surface area contributed by atoms with E-state index in [-0.39, 0.29) is 0 Å². The van der Waals surface area contributed by atoms with Gasteiger partial charge in [0.2, 0.25) is 0 Å². The summed E-state index contributed by atoms with van der Waals surface area (Å²) in [6.45, 7) is 1.68. The first-order chi connectivity index (χ1) is 12.3. The van der Waals surface area contributed by atoms with Gasteiger partial charge in [-0.25, -0.2) is 0 Å². The molecule has 1 N–H and O–H groups in total. The summed E-state index contributed by atoms with van der Waals surface area (Å²) < 4.78 is 0. The second kappa shape index (κ2) is 5.43. The Morgan fingerprint density at radius 3 is 2.68 bits per heavy atom. The first kappa shape index (κ1) is 14.7. The third-order valence-corrected chi connectivity index (χ3v) is 5.37. The van der Waals surface area contributed by atoms with Gasteiger partial charge in [-0.05, 0) is 22.8 Å². The van der Waals surface area contributed by atoms with Gasteiger partial charge in [0, 0.05) is 30.6 Å². The highest BCUT2D eigenvalue weighted by Gasteiger charge is 2.47. The average molecular weight is 328 g/mol. The molecule has 3 aromatic carbocycles. The molecule has 0 aliphatic carbocycles. The number of rotatable bonds is 2. The number of hydrogen-bond acceptors (Lipinski definition) is 3. The molecule has 1 unspecified atom stereocenters. The highest BCUT2D eigenvalue weighted by atomic mass is 16.3. The minimum Gasteiger partial charge on any atom is -0.366 e. The molecule has 0 aromatic heterocycles. The van der Waals surface area contributed by atoms with E-state index in [1.165, 1.54) is 10.8 Å². The molecule has 3 heteroatoms. The number of benzene rings is 3. The molecule has 5 rings (SSSR count). The minimum absolute atomic E-state index is 0.563. The predicted molar refractivity (Wildman–Crippen MR) is 101 cm³/mol. The molecule has 124 valence electrons. The minimum atomic E-state index is -1.02. The molecule has 2 heterocycles. The molecule has 2 aliphatic rings. The fourth-order valence-electron chi connectivity index (χ4n) is 4.19. The maximum atomic E-state index is 11.7. The molecular weight excluding hydrogens is 308 g/mol. The van der Waals surface area contributed by atoms with Crippen molar-refractivity contribution in [3.05, 3.63) is 83.4 Å². The van der Waals surface area contributed by atoms with Crippen molar-refractivity contribution in [3.63, 3.8) is 0 Å². The van der Waals surface area contributed by atoms with Crippen LogP contribution in [-0.2, 0) is 12.1 Å². The van der Waals surface area contributed by atoms with Crippen LogP contribution in [0.2, 0.25) is 0 Å². The van der Waals surface area contributed by atoms with Crippen LogP contribution in [-0.4, -0.2) is 28.9 Å². The van der Waals surface area contributed by atoms with Gasteiger partial charge in [0.1, 0.15) is 5.84 Å². The Labute approximate surface area is 147 Å². The van der Waals surface area contributed by atoms with Crippen molar-refractivity contribution >= 4 is 16.6 Å². The van der Waals surface area contributed by atoms with Crippen molar-refractivity contribution in [2.45, 2.75) is 18.6 Å². The molecule has 0 fully saturated rings. The molecular formula is C22H20N2O. The van der Waals surface area contributed by atoms with Crippen molar-refractivity contribution in [3.8, 4) is 0 Å². The van der Waals surface area contributed by atoms with Crippen LogP contribution in [0.3, 0.4) is 0 Å². The summed E-state index contributed by atoms with van der Waals surface area (Å²) in [5.41, 5.74) is 2.18. The van der Waals surface area contributed by atoms with Crippen molar-refractivity contribution in [2.75, 3.05) is 13.1 Å². The third-order valence-electron chi connectivity index (χ3n) is 5.37. The second-order valence-electron chi connectivity index (χ2n) is 6.93. The quantitative estimate of drug-likeness (QED) is 0.779. The van der Waals surface area contributed by atoms with E-state index >= 15 is 0 Å². The largest absolute Gasteiger partial charge is 0.366 e. The van der Waals surface area contributed by atoms with E-state index in [9.17, 15) is 5.11 Å². The molecule has 0 saturated carbocycles. The fourth-order valence-corrected chi connectivity index (χ4v) is 4.19. The van der Waals surface area contributed by atoms with E-state index in [2.05, 4.69) is 53.4 Å². The summed E-state index contributed by atoms with van der Waals surface area (Å²) in [5.74, 6) is 0.949. The zero-order chi connectivity index (χ0) is 16.9. The van der Waals surface area contributed by atoms with Crippen LogP contribution in [0.25, 0.3) is 10.8 Å². The zero-order valence-corrected chi connectivity index (χ0v) is 14.0. The molecule has 1 atom stereocenters. The highest BCUT2D eigenvalue weighted by molar-refractivity contribution is 6.04. The lowest BCUT2D eigenvalue weighted by Gasteiger charge is -2.37. The maximum absolute atomic E-state index is 11.7. The van der Waals surface area contributed by atoms with Crippen molar-refractivity contribution in [1.82, 2.24) is 4.90 Å². The summed E-state index contributed by atoms with van der Waals surface area (Å²) in [6.07, 6.45) is 1.55. The smallest absolute Gasteiger partial charge is 0.170 e. The lowest BCUT2D eigenvalue weighted by atomic mass is 9.93. The van der Waals surface area contributed by atoms with E-state index in [0.29, 0.717) is 6.42 Å². The molecule has 3 nitrogen and oxygen atoms in total. The van der Waals surface area contributed by atoms with Gasteiger partial charge in [-0.3, -0.25) is 4.99 Å². The molecule has 0 saturated heterocycles. The van der Waals surface area contributed by atoms with Crippen LogP contribution in [0.1, 0.15) is 23.1 Å². The Hall–Kier alpha value is -2.65. The third kappa shape index (κ3) is 2.19. The van der Waals surface area contributed by atoms with Gasteiger partial charge in [0.15, 0.2) is 5.72 Å². The van der Waals surface area contributed by atoms with Gasteiger partial charge in [0.05, 0.1) is 0 Å². The van der Waals surface area contributed by atoms with E-state index < -0.39 is 5.72 Å². The van der Waals surface area contributed by atoms with E-state index in [4.69, 9.17) is 4.99 Å². The molecule has 0 spiro atoms. The highest BCUT2D eigenvalue weighted by Crippen LogP contribution is 2.41. The van der Waals surface area contributed by atoms with Gasteiger partial charge in [-0.2, -0.15) is 0 Å². The maximum Gasteiger partial charge on any atom is 0.170 e. The molecule has 25 heavy (non-hydrogen) atoms. The Morgan fingerprint density at radius 1 is 0.960 bits per heavy atom. The van der Waals surface area contributed by atoms with Crippen LogP contribution < -0.4 is 0 Å². The van der Waals surface area contributed by atoms with Crippen LogP contribution in [0, 0.1) is 0 Å². The Morgan fingerprint density at radius 2 is 1.76 bits per heavy atom. The van der Waals surface area contributed by atoms with Crippen molar-refractivity contribution in [2.24, 2.45) is 4.99 Å². The lowest BCUT2D eigenvalue weighted by molar-refractivity contribution is -0.0703. The van der Waals surface area contributed by atoms with Crippen molar-refractivity contribution in [1.29, 1.82) is 0 Å². The van der Waals surface area contributed by atoms with E-state index in [1.54, 1.807) is 0 Å². The first-order valence-electron chi connectivity index (χ1n) is 8.88. The lowest BCUT2D eigenvalue weighted by Crippen LogP contribution is -2.47. The number of aliphatic hydroxyl groups is 1. The molecule has 3 aromatic rings. The molecule has 0 bridgehead atoms. The topological polar surface area (TPSA) is 35.8 Å². The van der Waals surface area contributed by atoms with E-state index in [1.807, 2.05) is 18.2 Å².